The molecule has 0 saturated heterocycles. The molecule has 0 heterocycles. The van der Waals surface area contributed by atoms with Gasteiger partial charge in [-0.15, -0.1) is 0 Å². The molecule has 0 aliphatic carbocycles. The van der Waals surface area contributed by atoms with Crippen LogP contribution in [0.25, 0.3) is 0 Å². The van der Waals surface area contributed by atoms with Crippen molar-refractivity contribution >= 4 is 27.5 Å². The first kappa shape index (κ1) is 14.0. The Morgan fingerprint density at radius 1 is 1.35 bits per heavy atom. The maximum absolute atomic E-state index is 11.6. The number of hydrogen-bond acceptors (Lipinski definition) is 2. The highest BCUT2D eigenvalue weighted by Crippen LogP contribution is 2.19. The molecule has 0 aliphatic rings. The van der Waals surface area contributed by atoms with Crippen molar-refractivity contribution in [2.24, 2.45) is 0 Å². The molecular formula is C13H19BrN2O. The molecular weight excluding hydrogens is 280 g/mol. The highest BCUT2D eigenvalue weighted by Gasteiger charge is 2.13. The fraction of sp³-hybridized carbons (Fsp3) is 0.462. The van der Waals surface area contributed by atoms with Crippen LogP contribution in [0.15, 0.2) is 22.7 Å². The van der Waals surface area contributed by atoms with Crippen molar-refractivity contribution in [3.63, 3.8) is 0 Å². The molecule has 0 fully saturated rings. The van der Waals surface area contributed by atoms with E-state index in [0.717, 1.165) is 15.7 Å². The number of benzene rings is 1. The standard InChI is InChI=1S/C13H19BrN2O/c1-9-7-10(14)5-6-11(9)15-8-12(17)16-13(2,3)4/h5-7,15H,8H2,1-4H3,(H,16,17). The van der Waals surface area contributed by atoms with Crippen LogP contribution >= 0.6 is 15.9 Å². The molecule has 1 aromatic rings. The highest BCUT2D eigenvalue weighted by atomic mass is 79.9. The minimum absolute atomic E-state index is 0.000168. The van der Waals surface area contributed by atoms with E-state index in [9.17, 15) is 4.79 Å². The highest BCUT2D eigenvalue weighted by molar-refractivity contribution is 9.10. The van der Waals surface area contributed by atoms with E-state index in [1.54, 1.807) is 0 Å². The first-order valence-corrected chi connectivity index (χ1v) is 6.38. The molecule has 0 unspecified atom stereocenters. The number of rotatable bonds is 3. The molecule has 0 atom stereocenters. The first-order chi connectivity index (χ1) is 7.78. The normalized spacial score (nSPS) is 11.1. The molecule has 0 radical (unpaired) electrons. The fourth-order valence-corrected chi connectivity index (χ4v) is 1.94. The van der Waals surface area contributed by atoms with E-state index >= 15 is 0 Å². The van der Waals surface area contributed by atoms with Crippen LogP contribution in [0.2, 0.25) is 0 Å². The van der Waals surface area contributed by atoms with Crippen molar-refractivity contribution < 1.29 is 4.79 Å². The van der Waals surface area contributed by atoms with Crippen molar-refractivity contribution in [1.82, 2.24) is 5.32 Å². The molecule has 17 heavy (non-hydrogen) atoms. The molecule has 1 aromatic carbocycles. The molecule has 1 amide bonds. The molecule has 0 spiro atoms. The number of carbonyl (C=O) groups excluding carboxylic acids is 1. The minimum atomic E-state index is -0.187. The summed E-state index contributed by atoms with van der Waals surface area (Å²) in [5.74, 6) is -0.000168. The molecule has 0 aliphatic heterocycles. The van der Waals surface area contributed by atoms with E-state index in [-0.39, 0.29) is 11.4 Å². The van der Waals surface area contributed by atoms with Gasteiger partial charge in [0.15, 0.2) is 0 Å². The Hall–Kier alpha value is -1.03. The van der Waals surface area contributed by atoms with E-state index in [4.69, 9.17) is 0 Å². The summed E-state index contributed by atoms with van der Waals surface area (Å²) in [5, 5.41) is 6.04. The smallest absolute Gasteiger partial charge is 0.239 e. The van der Waals surface area contributed by atoms with Crippen molar-refractivity contribution in [3.8, 4) is 0 Å². The Bertz CT molecular complexity index is 410. The average Bonchev–Trinajstić information content (AvgIpc) is 2.13. The third kappa shape index (κ3) is 5.22. The lowest BCUT2D eigenvalue weighted by Crippen LogP contribution is -2.43. The van der Waals surface area contributed by atoms with Crippen LogP contribution in [0.4, 0.5) is 5.69 Å². The Morgan fingerprint density at radius 2 is 2.00 bits per heavy atom. The molecule has 2 N–H and O–H groups in total. The van der Waals surface area contributed by atoms with Crippen LogP contribution < -0.4 is 10.6 Å². The summed E-state index contributed by atoms with van der Waals surface area (Å²) in [5.41, 5.74) is 1.91. The van der Waals surface area contributed by atoms with E-state index in [1.807, 2.05) is 45.9 Å². The van der Waals surface area contributed by atoms with E-state index in [1.165, 1.54) is 0 Å². The molecule has 94 valence electrons. The minimum Gasteiger partial charge on any atom is -0.376 e. The van der Waals surface area contributed by atoms with Gasteiger partial charge in [-0.1, -0.05) is 15.9 Å². The number of nitrogens with one attached hydrogen (secondary N) is 2. The fourth-order valence-electron chi connectivity index (χ4n) is 1.46. The maximum atomic E-state index is 11.6. The van der Waals surface area contributed by atoms with Gasteiger partial charge in [0.1, 0.15) is 0 Å². The van der Waals surface area contributed by atoms with E-state index < -0.39 is 0 Å². The van der Waals surface area contributed by atoms with Gasteiger partial charge in [-0.05, 0) is 51.5 Å². The van der Waals surface area contributed by atoms with Crippen LogP contribution in [-0.2, 0) is 4.79 Å². The van der Waals surface area contributed by atoms with Crippen molar-refractivity contribution in [3.05, 3.63) is 28.2 Å². The van der Waals surface area contributed by atoms with Gasteiger partial charge < -0.3 is 10.6 Å². The lowest BCUT2D eigenvalue weighted by molar-refractivity contribution is -0.120. The van der Waals surface area contributed by atoms with E-state index in [0.29, 0.717) is 6.54 Å². The zero-order valence-corrected chi connectivity index (χ0v) is 12.3. The lowest BCUT2D eigenvalue weighted by Gasteiger charge is -2.21. The van der Waals surface area contributed by atoms with Crippen LogP contribution in [0.3, 0.4) is 0 Å². The number of halogens is 1. The lowest BCUT2D eigenvalue weighted by atomic mass is 10.1. The molecule has 0 aromatic heterocycles. The van der Waals surface area contributed by atoms with Gasteiger partial charge in [0.25, 0.3) is 0 Å². The Morgan fingerprint density at radius 3 is 2.53 bits per heavy atom. The molecule has 1 rings (SSSR count). The Labute approximate surface area is 111 Å². The second-order valence-corrected chi connectivity index (χ2v) is 6.03. The summed E-state index contributed by atoms with van der Waals surface area (Å²) >= 11 is 3.41. The summed E-state index contributed by atoms with van der Waals surface area (Å²) in [6.07, 6.45) is 0. The number of anilines is 1. The van der Waals surface area contributed by atoms with Crippen LogP contribution in [0.1, 0.15) is 26.3 Å². The Balaban J connectivity index is 2.53. The predicted molar refractivity (Wildman–Crippen MR) is 75.3 cm³/mol. The SMILES string of the molecule is Cc1cc(Br)ccc1NCC(=O)NC(C)(C)C. The van der Waals surface area contributed by atoms with Gasteiger partial charge >= 0.3 is 0 Å². The molecule has 0 saturated carbocycles. The van der Waals surface area contributed by atoms with Crippen LogP contribution in [0, 0.1) is 6.92 Å². The maximum Gasteiger partial charge on any atom is 0.239 e. The second kappa shape index (κ2) is 5.54. The third-order valence-corrected chi connectivity index (χ3v) is 2.64. The number of amides is 1. The quantitative estimate of drug-likeness (QED) is 0.900. The van der Waals surface area contributed by atoms with Crippen LogP contribution in [-0.4, -0.2) is 18.0 Å². The zero-order chi connectivity index (χ0) is 13.1. The predicted octanol–water partition coefficient (Wildman–Crippen LogP) is 3.08. The van der Waals surface area contributed by atoms with Gasteiger partial charge in [-0.2, -0.15) is 0 Å². The third-order valence-electron chi connectivity index (χ3n) is 2.14. The molecule has 4 heteroatoms. The summed E-state index contributed by atoms with van der Waals surface area (Å²) in [4.78, 5) is 11.6. The number of aryl methyl sites for hydroxylation is 1. The first-order valence-electron chi connectivity index (χ1n) is 5.59. The van der Waals surface area contributed by atoms with Crippen LogP contribution in [0.5, 0.6) is 0 Å². The van der Waals surface area contributed by atoms with Gasteiger partial charge in [-0.25, -0.2) is 0 Å². The van der Waals surface area contributed by atoms with Gasteiger partial charge in [0.05, 0.1) is 6.54 Å². The largest absolute Gasteiger partial charge is 0.376 e. The average molecular weight is 299 g/mol. The van der Waals surface area contributed by atoms with Crippen molar-refractivity contribution in [2.75, 3.05) is 11.9 Å². The number of carbonyl (C=O) groups is 1. The number of hydrogen-bond donors (Lipinski definition) is 2. The monoisotopic (exact) mass is 298 g/mol. The van der Waals surface area contributed by atoms with Crippen molar-refractivity contribution in [2.45, 2.75) is 33.2 Å². The van der Waals surface area contributed by atoms with Gasteiger partial charge in [-0.3, -0.25) is 4.79 Å². The topological polar surface area (TPSA) is 41.1 Å². The van der Waals surface area contributed by atoms with Gasteiger partial charge in [0.2, 0.25) is 5.91 Å². The zero-order valence-electron chi connectivity index (χ0n) is 10.7. The molecule has 3 nitrogen and oxygen atoms in total. The summed E-state index contributed by atoms with van der Waals surface area (Å²) < 4.78 is 1.04. The van der Waals surface area contributed by atoms with Crippen molar-refractivity contribution in [1.29, 1.82) is 0 Å². The van der Waals surface area contributed by atoms with Gasteiger partial charge in [0, 0.05) is 15.7 Å². The second-order valence-electron chi connectivity index (χ2n) is 5.11. The van der Waals surface area contributed by atoms with E-state index in [2.05, 4.69) is 26.6 Å². The molecule has 0 bridgehead atoms. The summed E-state index contributed by atoms with van der Waals surface area (Å²) in [6.45, 7) is 8.20. The summed E-state index contributed by atoms with van der Waals surface area (Å²) in [6, 6.07) is 5.94. The Kier molecular flexibility index (Phi) is 4.57. The summed E-state index contributed by atoms with van der Waals surface area (Å²) in [7, 11) is 0.